The molecule has 1 aliphatic rings. The number of ether oxygens (including phenoxy) is 1. The lowest BCUT2D eigenvalue weighted by atomic mass is 10.1. The molecule has 21 heavy (non-hydrogen) atoms. The fraction of sp³-hybridized carbons (Fsp3) is 0.533. The Morgan fingerprint density at radius 2 is 2.05 bits per heavy atom. The number of benzene rings is 1. The molecule has 0 saturated carbocycles. The fourth-order valence-corrected chi connectivity index (χ4v) is 4.40. The second-order valence-electron chi connectivity index (χ2n) is 5.33. The van der Waals surface area contributed by atoms with Crippen LogP contribution in [0.15, 0.2) is 30.3 Å². The molecule has 1 saturated heterocycles. The Bertz CT molecular complexity index is 571. The van der Waals surface area contributed by atoms with Crippen LogP contribution in [0.3, 0.4) is 0 Å². The van der Waals surface area contributed by atoms with E-state index in [4.69, 9.17) is 4.74 Å². The molecule has 1 fully saturated rings. The summed E-state index contributed by atoms with van der Waals surface area (Å²) in [4.78, 5) is 13.7. The Balaban J connectivity index is 2.04. The third-order valence-electron chi connectivity index (χ3n) is 3.55. The van der Waals surface area contributed by atoms with Crippen LogP contribution < -0.4 is 0 Å². The maximum Gasteiger partial charge on any atom is 0.410 e. The van der Waals surface area contributed by atoms with E-state index in [1.807, 2.05) is 30.3 Å². The zero-order chi connectivity index (χ0) is 15.3. The zero-order valence-electron chi connectivity index (χ0n) is 12.2. The summed E-state index contributed by atoms with van der Waals surface area (Å²) in [6, 6.07) is 9.63. The van der Waals surface area contributed by atoms with Gasteiger partial charge in [-0.05, 0) is 24.8 Å². The molecule has 0 bridgehead atoms. The van der Waals surface area contributed by atoms with Crippen molar-refractivity contribution in [1.82, 2.24) is 4.90 Å². The summed E-state index contributed by atoms with van der Waals surface area (Å²) in [5, 5.41) is 0. The molecule has 0 aromatic heterocycles. The maximum absolute atomic E-state index is 12.1. The normalized spacial score (nSPS) is 20.1. The maximum atomic E-state index is 12.1. The predicted molar refractivity (Wildman–Crippen MR) is 80.6 cm³/mol. The third-order valence-corrected chi connectivity index (χ3v) is 5.38. The number of sulfone groups is 1. The minimum absolute atomic E-state index is 0.00289. The van der Waals surface area contributed by atoms with Crippen LogP contribution in [-0.2, 0) is 21.1 Å². The predicted octanol–water partition coefficient (Wildman–Crippen LogP) is 2.08. The number of carbonyl (C=O) groups excluding carboxylic acids is 1. The Hall–Kier alpha value is -1.56. The van der Waals surface area contributed by atoms with Crippen molar-refractivity contribution in [3.05, 3.63) is 35.9 Å². The smallest absolute Gasteiger partial charge is 0.410 e. The standard InChI is InChI=1S/C15H21NO4S/c1-2-20-15(17)16(10-13-6-4-3-5-7-13)11-14-8-9-21(18,19)12-14/h3-7,14H,2,8-12H2,1H3/t14-/m1/s1. The van der Waals surface area contributed by atoms with E-state index < -0.39 is 9.84 Å². The van der Waals surface area contributed by atoms with Gasteiger partial charge in [0, 0.05) is 13.1 Å². The second-order valence-corrected chi connectivity index (χ2v) is 7.56. The second kappa shape index (κ2) is 6.93. The molecule has 1 heterocycles. The van der Waals surface area contributed by atoms with Gasteiger partial charge in [-0.25, -0.2) is 13.2 Å². The molecule has 0 aliphatic carbocycles. The molecule has 0 unspecified atom stereocenters. The van der Waals surface area contributed by atoms with Crippen molar-refractivity contribution >= 4 is 15.9 Å². The van der Waals surface area contributed by atoms with Crippen molar-refractivity contribution in [2.75, 3.05) is 24.7 Å². The zero-order valence-corrected chi connectivity index (χ0v) is 13.0. The topological polar surface area (TPSA) is 63.7 Å². The number of rotatable bonds is 5. The highest BCUT2D eigenvalue weighted by Crippen LogP contribution is 2.21. The number of nitrogens with zero attached hydrogens (tertiary/aromatic N) is 1. The van der Waals surface area contributed by atoms with E-state index in [0.29, 0.717) is 26.1 Å². The van der Waals surface area contributed by atoms with Gasteiger partial charge >= 0.3 is 6.09 Å². The highest BCUT2D eigenvalue weighted by Gasteiger charge is 2.30. The first-order chi connectivity index (χ1) is 10.00. The van der Waals surface area contributed by atoms with Crippen LogP contribution in [-0.4, -0.2) is 44.1 Å². The Kier molecular flexibility index (Phi) is 5.22. The first-order valence-electron chi connectivity index (χ1n) is 7.16. The molecule has 1 atom stereocenters. The monoisotopic (exact) mass is 311 g/mol. The van der Waals surface area contributed by atoms with Gasteiger partial charge in [-0.3, -0.25) is 0 Å². The van der Waals surface area contributed by atoms with Gasteiger partial charge in [-0.1, -0.05) is 30.3 Å². The van der Waals surface area contributed by atoms with E-state index in [0.717, 1.165) is 5.56 Å². The van der Waals surface area contributed by atoms with E-state index in [9.17, 15) is 13.2 Å². The van der Waals surface area contributed by atoms with Crippen LogP contribution in [0, 0.1) is 5.92 Å². The molecular formula is C15H21NO4S. The number of hydrogen-bond acceptors (Lipinski definition) is 4. The van der Waals surface area contributed by atoms with Crippen molar-refractivity contribution in [3.63, 3.8) is 0 Å². The van der Waals surface area contributed by atoms with Gasteiger partial charge in [0.1, 0.15) is 0 Å². The summed E-state index contributed by atoms with van der Waals surface area (Å²) < 4.78 is 28.2. The van der Waals surface area contributed by atoms with E-state index >= 15 is 0 Å². The average Bonchev–Trinajstić information content (AvgIpc) is 2.79. The molecule has 0 spiro atoms. The van der Waals surface area contributed by atoms with Crippen molar-refractivity contribution in [2.24, 2.45) is 5.92 Å². The quantitative estimate of drug-likeness (QED) is 0.835. The SMILES string of the molecule is CCOC(=O)N(Cc1ccccc1)C[C@H]1CCS(=O)(=O)C1. The molecule has 116 valence electrons. The average molecular weight is 311 g/mol. The largest absolute Gasteiger partial charge is 0.450 e. The van der Waals surface area contributed by atoms with Crippen LogP contribution in [0.4, 0.5) is 4.79 Å². The lowest BCUT2D eigenvalue weighted by Crippen LogP contribution is -2.35. The summed E-state index contributed by atoms with van der Waals surface area (Å²) in [5.41, 5.74) is 1.01. The summed E-state index contributed by atoms with van der Waals surface area (Å²) in [6.45, 7) is 2.94. The van der Waals surface area contributed by atoms with E-state index in [1.54, 1.807) is 11.8 Å². The summed E-state index contributed by atoms with van der Waals surface area (Å²) in [7, 11) is -2.93. The van der Waals surface area contributed by atoms with Gasteiger partial charge in [0.05, 0.1) is 18.1 Å². The molecule has 0 radical (unpaired) electrons. The van der Waals surface area contributed by atoms with Gasteiger partial charge in [0.25, 0.3) is 0 Å². The number of carbonyl (C=O) groups is 1. The van der Waals surface area contributed by atoms with E-state index in [1.165, 1.54) is 0 Å². The highest BCUT2D eigenvalue weighted by molar-refractivity contribution is 7.91. The molecule has 0 N–H and O–H groups in total. The van der Waals surface area contributed by atoms with Gasteiger partial charge in [0.15, 0.2) is 9.84 Å². The molecule has 1 aromatic rings. The Morgan fingerprint density at radius 1 is 1.33 bits per heavy atom. The molecule has 5 nitrogen and oxygen atoms in total. The lowest BCUT2D eigenvalue weighted by Gasteiger charge is -2.24. The highest BCUT2D eigenvalue weighted by atomic mass is 32.2. The van der Waals surface area contributed by atoms with Crippen LogP contribution in [0.5, 0.6) is 0 Å². The van der Waals surface area contributed by atoms with Crippen LogP contribution in [0.2, 0.25) is 0 Å². The molecule has 2 rings (SSSR count). The van der Waals surface area contributed by atoms with E-state index in [2.05, 4.69) is 0 Å². The van der Waals surface area contributed by atoms with Gasteiger partial charge in [-0.15, -0.1) is 0 Å². The minimum Gasteiger partial charge on any atom is -0.450 e. The lowest BCUT2D eigenvalue weighted by molar-refractivity contribution is 0.0991. The summed E-state index contributed by atoms with van der Waals surface area (Å²) in [5.74, 6) is 0.389. The summed E-state index contributed by atoms with van der Waals surface area (Å²) >= 11 is 0. The van der Waals surface area contributed by atoms with Crippen LogP contribution in [0.1, 0.15) is 18.9 Å². The number of amides is 1. The van der Waals surface area contributed by atoms with Gasteiger partial charge in [0.2, 0.25) is 0 Å². The fourth-order valence-electron chi connectivity index (χ4n) is 2.55. The summed E-state index contributed by atoms with van der Waals surface area (Å²) in [6.07, 6.45) is 0.234. The van der Waals surface area contributed by atoms with Crippen molar-refractivity contribution in [1.29, 1.82) is 0 Å². The van der Waals surface area contributed by atoms with Crippen molar-refractivity contribution < 1.29 is 17.9 Å². The van der Waals surface area contributed by atoms with E-state index in [-0.39, 0.29) is 23.5 Å². The molecule has 1 aliphatic heterocycles. The number of hydrogen-bond donors (Lipinski definition) is 0. The van der Waals surface area contributed by atoms with Crippen LogP contribution >= 0.6 is 0 Å². The Labute approximate surface area is 125 Å². The first kappa shape index (κ1) is 15.8. The third kappa shape index (κ3) is 4.74. The van der Waals surface area contributed by atoms with Gasteiger partial charge < -0.3 is 9.64 Å². The Morgan fingerprint density at radius 3 is 2.62 bits per heavy atom. The molecule has 6 heteroatoms. The molecule has 1 amide bonds. The minimum atomic E-state index is -2.93. The molecular weight excluding hydrogens is 290 g/mol. The van der Waals surface area contributed by atoms with Crippen molar-refractivity contribution in [2.45, 2.75) is 19.9 Å². The van der Waals surface area contributed by atoms with Gasteiger partial charge in [-0.2, -0.15) is 0 Å². The first-order valence-corrected chi connectivity index (χ1v) is 8.98. The molecule has 1 aromatic carbocycles. The van der Waals surface area contributed by atoms with Crippen LogP contribution in [0.25, 0.3) is 0 Å². The van der Waals surface area contributed by atoms with Crippen molar-refractivity contribution in [3.8, 4) is 0 Å².